The molecule has 2 aliphatic heterocycles. The number of nitrogens with one attached hydrogen (secondary N) is 1. The molecule has 0 saturated carbocycles. The summed E-state index contributed by atoms with van der Waals surface area (Å²) in [6.07, 6.45) is 2.59. The predicted octanol–water partition coefficient (Wildman–Crippen LogP) is -0.762. The molecule has 7 heteroatoms. The summed E-state index contributed by atoms with van der Waals surface area (Å²) in [5.74, 6) is -0.107. The molecule has 0 aliphatic carbocycles. The van der Waals surface area contributed by atoms with Gasteiger partial charge in [0.05, 0.1) is 6.10 Å². The van der Waals surface area contributed by atoms with Crippen LogP contribution in [0.1, 0.15) is 34.6 Å². The Hall–Kier alpha value is -1.44. The molecule has 0 spiro atoms. The van der Waals surface area contributed by atoms with E-state index in [1.165, 1.54) is 0 Å². The second kappa shape index (κ2) is 6.36. The molecule has 1 saturated heterocycles. The Balaban J connectivity index is 1.67. The molecule has 22 heavy (non-hydrogen) atoms. The van der Waals surface area contributed by atoms with Gasteiger partial charge in [-0.25, -0.2) is 0 Å². The number of amides is 1. The van der Waals surface area contributed by atoms with Gasteiger partial charge in [-0.1, -0.05) is 0 Å². The summed E-state index contributed by atoms with van der Waals surface area (Å²) >= 11 is 0. The number of β-amino-alcohol motifs (C(OH)–C–C–N with tert-alkyl or cyclic N) is 1. The Kier molecular flexibility index (Phi) is 4.46. The van der Waals surface area contributed by atoms with E-state index in [-0.39, 0.29) is 6.10 Å². The van der Waals surface area contributed by atoms with Gasteiger partial charge in [0.25, 0.3) is 5.91 Å². The zero-order valence-corrected chi connectivity index (χ0v) is 13.1. The standard InChI is InChI=1S/C15H25N5O2/c1-19-12-4-7-20(8-11(12)14(18-19)15(16)22)9-13(21)10-2-5-17-6-3-10/h10,13,17,21H,2-9H2,1H3,(H2,16,22). The molecule has 0 radical (unpaired) electrons. The van der Waals surface area contributed by atoms with Gasteiger partial charge in [-0.05, 0) is 31.8 Å². The van der Waals surface area contributed by atoms with E-state index in [0.29, 0.717) is 24.7 Å². The first-order chi connectivity index (χ1) is 10.6. The number of aromatic nitrogens is 2. The molecular formula is C15H25N5O2. The molecule has 1 unspecified atom stereocenters. The molecule has 1 fully saturated rings. The SMILES string of the molecule is Cn1nc(C(N)=O)c2c1CCN(CC(O)C1CCNCC1)C2. The van der Waals surface area contributed by atoms with Crippen LogP contribution in [0.25, 0.3) is 0 Å². The monoisotopic (exact) mass is 307 g/mol. The number of nitrogens with zero attached hydrogens (tertiary/aromatic N) is 3. The average molecular weight is 307 g/mol. The maximum atomic E-state index is 11.5. The number of fused-ring (bicyclic) bond motifs is 1. The average Bonchev–Trinajstić information content (AvgIpc) is 2.85. The van der Waals surface area contributed by atoms with Crippen molar-refractivity contribution in [2.75, 3.05) is 26.2 Å². The summed E-state index contributed by atoms with van der Waals surface area (Å²) in [6, 6.07) is 0. The van der Waals surface area contributed by atoms with Crippen molar-refractivity contribution < 1.29 is 9.90 Å². The fourth-order valence-electron chi connectivity index (χ4n) is 3.64. The number of primary amides is 1. The normalized spacial score (nSPS) is 21.5. The molecule has 3 heterocycles. The Labute approximate surface area is 130 Å². The van der Waals surface area contributed by atoms with Gasteiger partial charge in [-0.3, -0.25) is 14.4 Å². The first kappa shape index (κ1) is 15.5. The highest BCUT2D eigenvalue weighted by Gasteiger charge is 2.29. The molecule has 1 atom stereocenters. The lowest BCUT2D eigenvalue weighted by atomic mass is 9.91. The third-order valence-corrected chi connectivity index (χ3v) is 4.93. The number of piperidine rings is 1. The molecule has 3 rings (SSSR count). The number of rotatable bonds is 4. The van der Waals surface area contributed by atoms with Gasteiger partial charge in [-0.2, -0.15) is 5.10 Å². The highest BCUT2D eigenvalue weighted by molar-refractivity contribution is 5.92. The highest BCUT2D eigenvalue weighted by Crippen LogP contribution is 2.24. The van der Waals surface area contributed by atoms with E-state index < -0.39 is 5.91 Å². The largest absolute Gasteiger partial charge is 0.392 e. The topological polar surface area (TPSA) is 96.4 Å². The van der Waals surface area contributed by atoms with Crippen molar-refractivity contribution in [3.05, 3.63) is 17.0 Å². The van der Waals surface area contributed by atoms with Gasteiger partial charge >= 0.3 is 0 Å². The van der Waals surface area contributed by atoms with Crippen molar-refractivity contribution in [3.63, 3.8) is 0 Å². The van der Waals surface area contributed by atoms with E-state index in [1.54, 1.807) is 4.68 Å². The van der Waals surface area contributed by atoms with Crippen molar-refractivity contribution >= 4 is 5.91 Å². The van der Waals surface area contributed by atoms with E-state index in [0.717, 1.165) is 50.2 Å². The van der Waals surface area contributed by atoms with Crippen molar-refractivity contribution in [1.82, 2.24) is 20.0 Å². The number of nitrogens with two attached hydrogens (primary N) is 1. The van der Waals surface area contributed by atoms with Crippen LogP contribution < -0.4 is 11.1 Å². The summed E-state index contributed by atoms with van der Waals surface area (Å²) in [4.78, 5) is 13.7. The first-order valence-electron chi connectivity index (χ1n) is 8.02. The lowest BCUT2D eigenvalue weighted by Crippen LogP contribution is -2.42. The smallest absolute Gasteiger partial charge is 0.269 e. The zero-order chi connectivity index (χ0) is 15.7. The Morgan fingerprint density at radius 2 is 2.23 bits per heavy atom. The number of carbonyl (C=O) groups excluding carboxylic acids is 1. The number of hydrogen-bond acceptors (Lipinski definition) is 5. The fraction of sp³-hybridized carbons (Fsp3) is 0.733. The van der Waals surface area contributed by atoms with Gasteiger partial charge < -0.3 is 16.2 Å². The second-order valence-corrected chi connectivity index (χ2v) is 6.40. The van der Waals surface area contributed by atoms with Crippen LogP contribution in [0.5, 0.6) is 0 Å². The molecule has 1 aromatic heterocycles. The van der Waals surface area contributed by atoms with Crippen LogP contribution in [-0.2, 0) is 20.0 Å². The minimum atomic E-state index is -0.474. The second-order valence-electron chi connectivity index (χ2n) is 6.40. The van der Waals surface area contributed by atoms with Gasteiger partial charge in [-0.15, -0.1) is 0 Å². The van der Waals surface area contributed by atoms with Crippen molar-refractivity contribution in [3.8, 4) is 0 Å². The van der Waals surface area contributed by atoms with Crippen molar-refractivity contribution in [2.45, 2.75) is 31.9 Å². The van der Waals surface area contributed by atoms with Gasteiger partial charge in [0.15, 0.2) is 5.69 Å². The Morgan fingerprint density at radius 1 is 1.50 bits per heavy atom. The van der Waals surface area contributed by atoms with Crippen LogP contribution in [0.2, 0.25) is 0 Å². The number of aryl methyl sites for hydroxylation is 1. The molecular weight excluding hydrogens is 282 g/mol. The molecule has 0 aromatic carbocycles. The maximum Gasteiger partial charge on any atom is 0.269 e. The summed E-state index contributed by atoms with van der Waals surface area (Å²) in [6.45, 7) is 4.15. The highest BCUT2D eigenvalue weighted by atomic mass is 16.3. The molecule has 122 valence electrons. The van der Waals surface area contributed by atoms with Crippen LogP contribution in [-0.4, -0.2) is 58.0 Å². The molecule has 1 amide bonds. The van der Waals surface area contributed by atoms with E-state index in [9.17, 15) is 9.90 Å². The van der Waals surface area contributed by atoms with Gasteiger partial charge in [0.2, 0.25) is 0 Å². The third-order valence-electron chi connectivity index (χ3n) is 4.93. The molecule has 2 aliphatic rings. The lowest BCUT2D eigenvalue weighted by molar-refractivity contribution is 0.0460. The third kappa shape index (κ3) is 3.02. The van der Waals surface area contributed by atoms with E-state index >= 15 is 0 Å². The Bertz CT molecular complexity index is 550. The fourth-order valence-corrected chi connectivity index (χ4v) is 3.64. The summed E-state index contributed by atoms with van der Waals surface area (Å²) in [5, 5.41) is 18.0. The molecule has 7 nitrogen and oxygen atoms in total. The Morgan fingerprint density at radius 3 is 2.91 bits per heavy atom. The molecule has 1 aromatic rings. The summed E-state index contributed by atoms with van der Waals surface area (Å²) in [7, 11) is 1.85. The minimum absolute atomic E-state index is 0.308. The van der Waals surface area contributed by atoms with Crippen LogP contribution in [0, 0.1) is 5.92 Å². The van der Waals surface area contributed by atoms with Crippen LogP contribution in [0.3, 0.4) is 0 Å². The number of carbonyl (C=O) groups is 1. The maximum absolute atomic E-state index is 11.5. The van der Waals surface area contributed by atoms with Crippen LogP contribution in [0.15, 0.2) is 0 Å². The molecule has 0 bridgehead atoms. The van der Waals surface area contributed by atoms with Crippen LogP contribution in [0.4, 0.5) is 0 Å². The summed E-state index contributed by atoms with van der Waals surface area (Å²) < 4.78 is 1.76. The quantitative estimate of drug-likeness (QED) is 0.679. The van der Waals surface area contributed by atoms with E-state index in [1.807, 2.05) is 7.05 Å². The van der Waals surface area contributed by atoms with Crippen molar-refractivity contribution in [1.29, 1.82) is 0 Å². The van der Waals surface area contributed by atoms with E-state index in [4.69, 9.17) is 5.73 Å². The van der Waals surface area contributed by atoms with E-state index in [2.05, 4.69) is 15.3 Å². The molecule has 4 N–H and O–H groups in total. The van der Waals surface area contributed by atoms with Gasteiger partial charge in [0, 0.05) is 44.4 Å². The number of hydrogen-bond donors (Lipinski definition) is 3. The van der Waals surface area contributed by atoms with Crippen molar-refractivity contribution in [2.24, 2.45) is 18.7 Å². The predicted molar refractivity (Wildman–Crippen MR) is 82.3 cm³/mol. The number of aliphatic hydroxyl groups excluding tert-OH is 1. The summed E-state index contributed by atoms with van der Waals surface area (Å²) in [5.41, 5.74) is 7.81. The van der Waals surface area contributed by atoms with Gasteiger partial charge in [0.1, 0.15) is 0 Å². The van der Waals surface area contributed by atoms with Crippen LogP contribution >= 0.6 is 0 Å². The minimum Gasteiger partial charge on any atom is -0.392 e. The lowest BCUT2D eigenvalue weighted by Gasteiger charge is -2.33. The number of aliphatic hydroxyl groups is 1. The zero-order valence-electron chi connectivity index (χ0n) is 13.1. The first-order valence-corrected chi connectivity index (χ1v) is 8.02.